The zero-order valence-electron chi connectivity index (χ0n) is 8.30. The Labute approximate surface area is 79.7 Å². The molecule has 2 unspecified atom stereocenters. The Hall–Kier alpha value is -0.810. The van der Waals surface area contributed by atoms with E-state index >= 15 is 0 Å². The summed E-state index contributed by atoms with van der Waals surface area (Å²) < 4.78 is 5.28. The lowest BCUT2D eigenvalue weighted by Gasteiger charge is -2.27. The Morgan fingerprint density at radius 3 is 3.00 bits per heavy atom. The molecule has 0 aromatic carbocycles. The minimum atomic E-state index is 0.176. The zero-order chi connectivity index (χ0) is 9.68. The maximum absolute atomic E-state index is 11.6. The number of Topliss-reactive ketones (excluding diaryl/α,β-unsaturated/α-hetero) is 1. The lowest BCUT2D eigenvalue weighted by atomic mass is 9.85. The maximum Gasteiger partial charge on any atom is 0.148 e. The lowest BCUT2D eigenvalue weighted by molar-refractivity contribution is -0.127. The minimum absolute atomic E-state index is 0.176. The van der Waals surface area contributed by atoms with Crippen LogP contribution in [0.3, 0.4) is 0 Å². The molecule has 0 saturated carbocycles. The molecule has 1 heterocycles. The van der Waals surface area contributed by atoms with Crippen molar-refractivity contribution in [3.05, 3.63) is 0 Å². The molecule has 2 nitrogen and oxygen atoms in total. The molecular weight excluding hydrogens is 164 g/mol. The summed E-state index contributed by atoms with van der Waals surface area (Å²) in [7, 11) is 0. The van der Waals surface area contributed by atoms with Crippen LogP contribution in [-0.4, -0.2) is 19.0 Å². The van der Waals surface area contributed by atoms with Crippen LogP contribution in [0.5, 0.6) is 0 Å². The van der Waals surface area contributed by atoms with Gasteiger partial charge in [-0.2, -0.15) is 0 Å². The summed E-state index contributed by atoms with van der Waals surface area (Å²) >= 11 is 0. The van der Waals surface area contributed by atoms with Gasteiger partial charge in [0.1, 0.15) is 5.78 Å². The molecular formula is C11H16O2. The molecule has 0 N–H and O–H groups in total. The monoisotopic (exact) mass is 180 g/mol. The van der Waals surface area contributed by atoms with Gasteiger partial charge in [-0.25, -0.2) is 0 Å². The van der Waals surface area contributed by atoms with Crippen molar-refractivity contribution >= 4 is 5.78 Å². The minimum Gasteiger partial charge on any atom is -0.381 e. The molecule has 72 valence electrons. The van der Waals surface area contributed by atoms with E-state index in [1.165, 1.54) is 0 Å². The van der Waals surface area contributed by atoms with E-state index in [2.05, 4.69) is 18.8 Å². The normalized spacial score (nSPS) is 27.5. The molecule has 1 saturated heterocycles. The first-order valence-electron chi connectivity index (χ1n) is 4.75. The first-order chi connectivity index (χ1) is 6.25. The van der Waals surface area contributed by atoms with Crippen molar-refractivity contribution in [2.45, 2.75) is 26.7 Å². The SMILES string of the molecule is CC#CCC(=O)C1CCOCC1C. The van der Waals surface area contributed by atoms with Gasteiger partial charge in [-0.15, -0.1) is 5.92 Å². The molecule has 0 amide bonds. The Morgan fingerprint density at radius 1 is 1.62 bits per heavy atom. The van der Waals surface area contributed by atoms with Crippen LogP contribution in [0.15, 0.2) is 0 Å². The topological polar surface area (TPSA) is 26.3 Å². The smallest absolute Gasteiger partial charge is 0.148 e. The molecule has 2 atom stereocenters. The van der Waals surface area contributed by atoms with Gasteiger partial charge in [-0.1, -0.05) is 12.8 Å². The van der Waals surface area contributed by atoms with Gasteiger partial charge in [-0.3, -0.25) is 4.79 Å². The molecule has 13 heavy (non-hydrogen) atoms. The fourth-order valence-corrected chi connectivity index (χ4v) is 1.67. The predicted octanol–water partition coefficient (Wildman–Crippen LogP) is 1.64. The quantitative estimate of drug-likeness (QED) is 0.604. The predicted molar refractivity (Wildman–Crippen MR) is 51.2 cm³/mol. The molecule has 1 rings (SSSR count). The van der Waals surface area contributed by atoms with Crippen molar-refractivity contribution in [3.8, 4) is 11.8 Å². The highest BCUT2D eigenvalue weighted by Crippen LogP contribution is 2.22. The van der Waals surface area contributed by atoms with E-state index in [-0.39, 0.29) is 11.7 Å². The van der Waals surface area contributed by atoms with Crippen LogP contribution in [0.4, 0.5) is 0 Å². The van der Waals surface area contributed by atoms with E-state index in [1.807, 2.05) is 0 Å². The van der Waals surface area contributed by atoms with Gasteiger partial charge >= 0.3 is 0 Å². The number of ether oxygens (including phenoxy) is 1. The average molecular weight is 180 g/mol. The molecule has 0 aromatic rings. The van der Waals surface area contributed by atoms with Gasteiger partial charge < -0.3 is 4.74 Å². The van der Waals surface area contributed by atoms with Crippen molar-refractivity contribution in [1.29, 1.82) is 0 Å². The van der Waals surface area contributed by atoms with Gasteiger partial charge in [-0.05, 0) is 19.3 Å². The van der Waals surface area contributed by atoms with Crippen LogP contribution in [0, 0.1) is 23.7 Å². The van der Waals surface area contributed by atoms with E-state index in [0.29, 0.717) is 12.3 Å². The summed E-state index contributed by atoms with van der Waals surface area (Å²) in [4.78, 5) is 11.6. The third kappa shape index (κ3) is 2.86. The fraction of sp³-hybridized carbons (Fsp3) is 0.727. The van der Waals surface area contributed by atoms with Crippen LogP contribution in [0.25, 0.3) is 0 Å². The van der Waals surface area contributed by atoms with Gasteiger partial charge in [0, 0.05) is 19.1 Å². The summed E-state index contributed by atoms with van der Waals surface area (Å²) in [6.07, 6.45) is 1.27. The largest absolute Gasteiger partial charge is 0.381 e. The highest BCUT2D eigenvalue weighted by molar-refractivity contribution is 5.83. The van der Waals surface area contributed by atoms with Crippen LogP contribution in [0.2, 0.25) is 0 Å². The Morgan fingerprint density at radius 2 is 2.38 bits per heavy atom. The van der Waals surface area contributed by atoms with E-state index < -0.39 is 0 Å². The molecule has 2 heteroatoms. The molecule has 0 bridgehead atoms. The van der Waals surface area contributed by atoms with Gasteiger partial charge in [0.15, 0.2) is 0 Å². The maximum atomic E-state index is 11.6. The van der Waals surface area contributed by atoms with Gasteiger partial charge in [0.05, 0.1) is 6.42 Å². The van der Waals surface area contributed by atoms with Crippen molar-refractivity contribution < 1.29 is 9.53 Å². The molecule has 0 spiro atoms. The van der Waals surface area contributed by atoms with Crippen molar-refractivity contribution in [1.82, 2.24) is 0 Å². The molecule has 1 aliphatic rings. The standard InChI is InChI=1S/C11H16O2/c1-3-4-5-11(12)10-6-7-13-8-9(10)2/h9-10H,5-8H2,1-2H3. The van der Waals surface area contributed by atoms with Gasteiger partial charge in [0.25, 0.3) is 0 Å². The zero-order valence-corrected chi connectivity index (χ0v) is 8.30. The van der Waals surface area contributed by atoms with Crippen molar-refractivity contribution in [2.75, 3.05) is 13.2 Å². The number of hydrogen-bond acceptors (Lipinski definition) is 2. The fourth-order valence-electron chi connectivity index (χ4n) is 1.67. The van der Waals surface area contributed by atoms with E-state index in [0.717, 1.165) is 19.6 Å². The summed E-state index contributed by atoms with van der Waals surface area (Å²) in [6, 6.07) is 0. The van der Waals surface area contributed by atoms with Crippen LogP contribution in [-0.2, 0) is 9.53 Å². The Balaban J connectivity index is 2.47. The van der Waals surface area contributed by atoms with Crippen molar-refractivity contribution in [2.24, 2.45) is 11.8 Å². The molecule has 1 aliphatic heterocycles. The average Bonchev–Trinajstić information content (AvgIpc) is 2.15. The summed E-state index contributed by atoms with van der Waals surface area (Å²) in [6.45, 7) is 5.28. The molecule has 0 aromatic heterocycles. The number of ketones is 1. The van der Waals surface area contributed by atoms with E-state index in [1.54, 1.807) is 6.92 Å². The van der Waals surface area contributed by atoms with Crippen LogP contribution in [0.1, 0.15) is 26.7 Å². The Kier molecular flexibility index (Phi) is 3.98. The highest BCUT2D eigenvalue weighted by Gasteiger charge is 2.27. The first-order valence-corrected chi connectivity index (χ1v) is 4.75. The summed E-state index contributed by atoms with van der Waals surface area (Å²) in [5, 5.41) is 0. The van der Waals surface area contributed by atoms with Gasteiger partial charge in [0.2, 0.25) is 0 Å². The number of hydrogen-bond donors (Lipinski definition) is 0. The number of rotatable bonds is 2. The van der Waals surface area contributed by atoms with Crippen LogP contribution >= 0.6 is 0 Å². The third-order valence-corrected chi connectivity index (χ3v) is 2.49. The number of carbonyl (C=O) groups excluding carboxylic acids is 1. The second-order valence-electron chi connectivity index (χ2n) is 3.52. The number of carbonyl (C=O) groups is 1. The van der Waals surface area contributed by atoms with Crippen molar-refractivity contribution in [3.63, 3.8) is 0 Å². The van der Waals surface area contributed by atoms with Crippen LogP contribution < -0.4 is 0 Å². The lowest BCUT2D eigenvalue weighted by Crippen LogP contribution is -2.31. The highest BCUT2D eigenvalue weighted by atomic mass is 16.5. The summed E-state index contributed by atoms with van der Waals surface area (Å²) in [5.41, 5.74) is 0. The third-order valence-electron chi connectivity index (χ3n) is 2.49. The summed E-state index contributed by atoms with van der Waals surface area (Å²) in [5.74, 6) is 6.40. The Bertz CT molecular complexity index is 234. The molecule has 1 fully saturated rings. The second-order valence-corrected chi connectivity index (χ2v) is 3.52. The van der Waals surface area contributed by atoms with E-state index in [4.69, 9.17) is 4.74 Å². The molecule has 0 radical (unpaired) electrons. The van der Waals surface area contributed by atoms with E-state index in [9.17, 15) is 4.79 Å². The molecule has 0 aliphatic carbocycles. The first kappa shape index (κ1) is 10.3. The second kappa shape index (κ2) is 5.04.